The standard InChI is InChI=1S/C26H23F3N8O2/c27-26(28,29)18-9-10-32-25(33-18)35-24(39)15-3-1-14(2-4-15)20-21-22(30)31-11-12-36(21)23(34-20)16-5-6-17-7-8-19(38)37(17)13-16/h1-4,9-12,16-17H,5-8,13H2,(H2,30,31)(H,32,33,35,39)/t16-,17+/m1/s1. The Hall–Kier alpha value is -4.55. The number of anilines is 2. The van der Waals surface area contributed by atoms with Crippen LogP contribution in [0.2, 0.25) is 0 Å². The molecule has 13 heteroatoms. The molecule has 0 saturated carbocycles. The van der Waals surface area contributed by atoms with Crippen molar-refractivity contribution in [2.75, 3.05) is 17.6 Å². The largest absolute Gasteiger partial charge is 0.433 e. The number of alkyl halides is 3. The normalized spacial score (nSPS) is 19.4. The van der Waals surface area contributed by atoms with Gasteiger partial charge in [0.2, 0.25) is 11.9 Å². The first-order chi connectivity index (χ1) is 18.7. The van der Waals surface area contributed by atoms with Gasteiger partial charge in [0.15, 0.2) is 0 Å². The second-order valence-electron chi connectivity index (χ2n) is 9.66. The molecule has 2 saturated heterocycles. The Balaban J connectivity index is 1.28. The molecule has 1 aromatic carbocycles. The number of nitrogens with zero attached hydrogens (tertiary/aromatic N) is 6. The molecular weight excluding hydrogens is 513 g/mol. The molecule has 4 aromatic rings. The first-order valence-electron chi connectivity index (χ1n) is 12.4. The number of aromatic nitrogens is 5. The van der Waals surface area contributed by atoms with E-state index >= 15 is 0 Å². The van der Waals surface area contributed by atoms with Gasteiger partial charge >= 0.3 is 6.18 Å². The molecule has 6 rings (SSSR count). The molecule has 5 heterocycles. The van der Waals surface area contributed by atoms with Gasteiger partial charge in [-0.05, 0) is 37.5 Å². The molecule has 0 aliphatic carbocycles. The lowest BCUT2D eigenvalue weighted by molar-refractivity contribution is -0.141. The van der Waals surface area contributed by atoms with Gasteiger partial charge in [-0.3, -0.25) is 19.3 Å². The summed E-state index contributed by atoms with van der Waals surface area (Å²) in [6.07, 6.45) is 2.97. The van der Waals surface area contributed by atoms with Crippen LogP contribution in [0.15, 0.2) is 48.9 Å². The molecule has 3 N–H and O–H groups in total. The quantitative estimate of drug-likeness (QED) is 0.404. The lowest BCUT2D eigenvalue weighted by atomic mass is 9.92. The number of amides is 2. The number of fused-ring (bicyclic) bond motifs is 2. The van der Waals surface area contributed by atoms with Crippen molar-refractivity contribution >= 4 is 29.1 Å². The van der Waals surface area contributed by atoms with Crippen LogP contribution >= 0.6 is 0 Å². The average molecular weight is 537 g/mol. The Kier molecular flexibility index (Phi) is 5.92. The van der Waals surface area contributed by atoms with Gasteiger partial charge in [-0.2, -0.15) is 13.2 Å². The summed E-state index contributed by atoms with van der Waals surface area (Å²) in [5.41, 5.74) is 7.18. The molecular formula is C26H23F3N8O2. The third-order valence-corrected chi connectivity index (χ3v) is 7.29. The number of nitrogens with two attached hydrogens (primary N) is 1. The number of piperidine rings is 1. The number of carbonyl (C=O) groups excluding carboxylic acids is 2. The van der Waals surface area contributed by atoms with Crippen molar-refractivity contribution in [1.82, 2.24) is 29.2 Å². The SMILES string of the molecule is Nc1nccn2c([C@@H]3CC[C@H]4CCC(=O)N4C3)nc(-c3ccc(C(=O)Nc4nccc(C(F)(F)F)n4)cc3)c12. The molecule has 2 atom stereocenters. The van der Waals surface area contributed by atoms with Crippen LogP contribution < -0.4 is 11.1 Å². The molecule has 200 valence electrons. The monoisotopic (exact) mass is 536 g/mol. The minimum atomic E-state index is -4.66. The van der Waals surface area contributed by atoms with Crippen LogP contribution in [0.4, 0.5) is 24.9 Å². The van der Waals surface area contributed by atoms with Gasteiger partial charge in [0.05, 0.1) is 0 Å². The summed E-state index contributed by atoms with van der Waals surface area (Å²) >= 11 is 0. The minimum Gasteiger partial charge on any atom is -0.382 e. The predicted molar refractivity (Wildman–Crippen MR) is 135 cm³/mol. The first-order valence-corrected chi connectivity index (χ1v) is 12.4. The van der Waals surface area contributed by atoms with Crippen molar-refractivity contribution in [3.05, 3.63) is 66.0 Å². The van der Waals surface area contributed by atoms with E-state index in [0.29, 0.717) is 41.6 Å². The van der Waals surface area contributed by atoms with E-state index in [4.69, 9.17) is 10.7 Å². The zero-order valence-corrected chi connectivity index (χ0v) is 20.5. The van der Waals surface area contributed by atoms with Crippen LogP contribution in [0.1, 0.15) is 53.5 Å². The van der Waals surface area contributed by atoms with Crippen LogP contribution in [-0.2, 0) is 11.0 Å². The van der Waals surface area contributed by atoms with Crippen LogP contribution in [0, 0.1) is 0 Å². The van der Waals surface area contributed by atoms with Crippen molar-refractivity contribution in [2.24, 2.45) is 0 Å². The molecule has 39 heavy (non-hydrogen) atoms. The van der Waals surface area contributed by atoms with Crippen molar-refractivity contribution in [1.29, 1.82) is 0 Å². The molecule has 2 fully saturated rings. The summed E-state index contributed by atoms with van der Waals surface area (Å²) in [5.74, 6) is 0.176. The zero-order valence-electron chi connectivity index (χ0n) is 20.5. The van der Waals surface area contributed by atoms with Gasteiger partial charge in [0.1, 0.15) is 28.5 Å². The Morgan fingerprint density at radius 2 is 1.82 bits per heavy atom. The van der Waals surface area contributed by atoms with Crippen LogP contribution in [-0.4, -0.2) is 53.6 Å². The van der Waals surface area contributed by atoms with E-state index in [1.165, 1.54) is 12.1 Å². The van der Waals surface area contributed by atoms with E-state index in [1.807, 2.05) is 9.30 Å². The fourth-order valence-corrected chi connectivity index (χ4v) is 5.38. The molecule has 2 aliphatic heterocycles. The highest BCUT2D eigenvalue weighted by molar-refractivity contribution is 6.03. The summed E-state index contributed by atoms with van der Waals surface area (Å²) in [4.78, 5) is 43.2. The third-order valence-electron chi connectivity index (χ3n) is 7.29. The maximum atomic E-state index is 12.9. The number of hydrogen-bond acceptors (Lipinski definition) is 7. The molecule has 0 spiro atoms. The zero-order chi connectivity index (χ0) is 27.3. The number of hydrogen-bond donors (Lipinski definition) is 2. The van der Waals surface area contributed by atoms with Gasteiger partial charge in [-0.1, -0.05) is 12.1 Å². The summed E-state index contributed by atoms with van der Waals surface area (Å²) in [6.45, 7) is 0.598. The highest BCUT2D eigenvalue weighted by Crippen LogP contribution is 2.38. The Morgan fingerprint density at radius 3 is 2.59 bits per heavy atom. The lowest BCUT2D eigenvalue weighted by Crippen LogP contribution is -2.41. The second kappa shape index (κ2) is 9.33. The van der Waals surface area contributed by atoms with Crippen molar-refractivity contribution in [3.8, 4) is 11.3 Å². The number of imidazole rings is 1. The van der Waals surface area contributed by atoms with Crippen LogP contribution in [0.25, 0.3) is 16.8 Å². The average Bonchev–Trinajstić information content (AvgIpc) is 3.50. The number of benzene rings is 1. The molecule has 0 radical (unpaired) electrons. The van der Waals surface area contributed by atoms with Gasteiger partial charge in [-0.25, -0.2) is 19.9 Å². The van der Waals surface area contributed by atoms with Gasteiger partial charge < -0.3 is 10.6 Å². The summed E-state index contributed by atoms with van der Waals surface area (Å²) < 4.78 is 40.7. The van der Waals surface area contributed by atoms with Crippen molar-refractivity contribution in [3.63, 3.8) is 0 Å². The van der Waals surface area contributed by atoms with Crippen LogP contribution in [0.3, 0.4) is 0 Å². The predicted octanol–water partition coefficient (Wildman–Crippen LogP) is 3.91. The fraction of sp³-hybridized carbons (Fsp3) is 0.308. The molecule has 0 unspecified atom stereocenters. The van der Waals surface area contributed by atoms with Crippen molar-refractivity contribution in [2.45, 2.75) is 43.8 Å². The lowest BCUT2D eigenvalue weighted by Gasteiger charge is -2.34. The minimum absolute atomic E-state index is 0.0314. The van der Waals surface area contributed by atoms with Gasteiger partial charge in [0, 0.05) is 54.6 Å². The Labute approximate surface area is 220 Å². The van der Waals surface area contributed by atoms with Gasteiger partial charge in [0.25, 0.3) is 5.91 Å². The summed E-state index contributed by atoms with van der Waals surface area (Å²) in [6, 6.07) is 7.45. The summed E-state index contributed by atoms with van der Waals surface area (Å²) in [7, 11) is 0. The number of nitrogens with one attached hydrogen (secondary N) is 1. The molecule has 2 aliphatic rings. The van der Waals surface area contributed by atoms with Crippen molar-refractivity contribution < 1.29 is 22.8 Å². The highest BCUT2D eigenvalue weighted by Gasteiger charge is 2.38. The number of nitrogen functional groups attached to an aromatic ring is 1. The van der Waals surface area contributed by atoms with E-state index in [0.717, 1.165) is 37.4 Å². The number of rotatable bonds is 4. The Morgan fingerprint density at radius 1 is 1.03 bits per heavy atom. The second-order valence-corrected chi connectivity index (χ2v) is 9.66. The fourth-order valence-electron chi connectivity index (χ4n) is 5.38. The molecule has 3 aromatic heterocycles. The topological polar surface area (TPSA) is 131 Å². The maximum Gasteiger partial charge on any atom is 0.433 e. The van der Waals surface area contributed by atoms with Crippen LogP contribution in [0.5, 0.6) is 0 Å². The molecule has 10 nitrogen and oxygen atoms in total. The van der Waals surface area contributed by atoms with E-state index in [9.17, 15) is 22.8 Å². The molecule has 2 amide bonds. The number of carbonyl (C=O) groups is 2. The smallest absolute Gasteiger partial charge is 0.382 e. The maximum absolute atomic E-state index is 12.9. The third kappa shape index (κ3) is 4.53. The summed E-state index contributed by atoms with van der Waals surface area (Å²) in [5, 5.41) is 2.29. The van der Waals surface area contributed by atoms with E-state index < -0.39 is 23.7 Å². The Bertz CT molecular complexity index is 1580. The van der Waals surface area contributed by atoms with E-state index in [2.05, 4.69) is 20.3 Å². The van der Waals surface area contributed by atoms with E-state index in [-0.39, 0.29) is 17.4 Å². The molecule has 0 bridgehead atoms. The highest BCUT2D eigenvalue weighted by atomic mass is 19.4. The van der Waals surface area contributed by atoms with E-state index in [1.54, 1.807) is 24.5 Å². The number of halogens is 3. The first kappa shape index (κ1) is 24.8. The van der Waals surface area contributed by atoms with Gasteiger partial charge in [-0.15, -0.1) is 0 Å².